The third-order valence-corrected chi connectivity index (χ3v) is 3.19. The quantitative estimate of drug-likeness (QED) is 0.347. The maximum atomic E-state index is 3.35. The lowest BCUT2D eigenvalue weighted by atomic mass is 10.0. The molecule has 0 radical (unpaired) electrons. The number of halogens is 1. The van der Waals surface area contributed by atoms with Crippen molar-refractivity contribution >= 4 is 0 Å². The summed E-state index contributed by atoms with van der Waals surface area (Å²) in [5.41, 5.74) is 0.308. The fourth-order valence-corrected chi connectivity index (χ4v) is 2.11. The summed E-state index contributed by atoms with van der Waals surface area (Å²) in [5.74, 6) is 6.60. The van der Waals surface area contributed by atoms with Crippen molar-refractivity contribution in [1.82, 2.24) is 0 Å². The van der Waals surface area contributed by atoms with Crippen molar-refractivity contribution in [2.75, 3.05) is 7.05 Å². The van der Waals surface area contributed by atoms with Crippen molar-refractivity contribution in [2.24, 2.45) is 0 Å². The van der Waals surface area contributed by atoms with Gasteiger partial charge in [0.15, 0.2) is 5.54 Å². The molecule has 1 saturated heterocycles. The van der Waals surface area contributed by atoms with Crippen molar-refractivity contribution in [3.8, 4) is 11.8 Å². The lowest BCUT2D eigenvalue weighted by Crippen LogP contribution is -3.18. The van der Waals surface area contributed by atoms with Crippen molar-refractivity contribution in [1.29, 1.82) is 0 Å². The lowest BCUT2D eigenvalue weighted by Gasteiger charge is -2.29. The molecule has 1 N–H and O–H groups in total. The summed E-state index contributed by atoms with van der Waals surface area (Å²) in [6.45, 7) is 2.29. The van der Waals surface area contributed by atoms with Gasteiger partial charge in [-0.1, -0.05) is 5.92 Å². The van der Waals surface area contributed by atoms with Gasteiger partial charge in [0, 0.05) is 19.8 Å². The molecule has 2 aliphatic heterocycles. The normalized spacial score (nSPS) is 45.6. The molecule has 0 spiro atoms. The smallest absolute Gasteiger partial charge is 0.156 e. The Balaban J connectivity index is 0.000000605. The zero-order valence-electron chi connectivity index (χ0n) is 7.08. The van der Waals surface area contributed by atoms with Gasteiger partial charge in [0.2, 0.25) is 0 Å². The Kier molecular flexibility index (Phi) is 2.50. The highest BCUT2D eigenvalue weighted by Gasteiger charge is 2.44. The molecule has 2 aliphatic rings. The SMILES string of the molecule is C[NH+]1[C@@H]2CC#C[C@@]1(C)CC2.[I-]. The summed E-state index contributed by atoms with van der Waals surface area (Å²) in [6.07, 6.45) is 3.79. The summed E-state index contributed by atoms with van der Waals surface area (Å²) in [7, 11) is 2.28. The molecule has 2 heterocycles. The fourth-order valence-electron chi connectivity index (χ4n) is 2.11. The Labute approximate surface area is 85.5 Å². The van der Waals surface area contributed by atoms with E-state index < -0.39 is 0 Å². The summed E-state index contributed by atoms with van der Waals surface area (Å²) in [6, 6.07) is 0.839. The van der Waals surface area contributed by atoms with Crippen LogP contribution in [0.5, 0.6) is 0 Å². The zero-order chi connectivity index (χ0) is 7.19. The number of quaternary nitrogens is 1. The van der Waals surface area contributed by atoms with Gasteiger partial charge in [-0.25, -0.2) is 0 Å². The van der Waals surface area contributed by atoms with E-state index in [1.54, 1.807) is 4.90 Å². The molecule has 0 aromatic carbocycles. The second-order valence-corrected chi connectivity index (χ2v) is 3.76. The largest absolute Gasteiger partial charge is 1.00 e. The van der Waals surface area contributed by atoms with Crippen LogP contribution in [-0.2, 0) is 0 Å². The highest BCUT2D eigenvalue weighted by Crippen LogP contribution is 2.20. The van der Waals surface area contributed by atoms with Gasteiger partial charge in [-0.2, -0.15) is 0 Å². The van der Waals surface area contributed by atoms with Crippen LogP contribution in [0, 0.1) is 11.8 Å². The van der Waals surface area contributed by atoms with Crippen LogP contribution in [0.15, 0.2) is 0 Å². The van der Waals surface area contributed by atoms with E-state index in [1.807, 2.05) is 0 Å². The van der Waals surface area contributed by atoms with Gasteiger partial charge in [-0.15, -0.1) is 0 Å². The molecule has 1 unspecified atom stereocenters. The lowest BCUT2D eigenvalue weighted by molar-refractivity contribution is -0.932. The van der Waals surface area contributed by atoms with Crippen molar-refractivity contribution in [2.45, 2.75) is 37.8 Å². The Morgan fingerprint density at radius 1 is 1.55 bits per heavy atom. The van der Waals surface area contributed by atoms with E-state index >= 15 is 0 Å². The van der Waals surface area contributed by atoms with E-state index in [1.165, 1.54) is 12.8 Å². The first-order valence-electron chi connectivity index (χ1n) is 4.06. The minimum atomic E-state index is 0. The molecule has 1 fully saturated rings. The minimum absolute atomic E-state index is 0. The number of rotatable bonds is 0. The van der Waals surface area contributed by atoms with Crippen LogP contribution in [0.2, 0.25) is 0 Å². The second kappa shape index (κ2) is 2.95. The molecule has 2 rings (SSSR count). The summed E-state index contributed by atoms with van der Waals surface area (Å²) in [5, 5.41) is 0. The maximum absolute atomic E-state index is 3.35. The van der Waals surface area contributed by atoms with E-state index in [0.717, 1.165) is 12.5 Å². The van der Waals surface area contributed by atoms with Crippen molar-refractivity contribution in [3.05, 3.63) is 0 Å². The average molecular weight is 263 g/mol. The molecule has 0 amide bonds. The topological polar surface area (TPSA) is 4.44 Å². The molecule has 0 aromatic heterocycles. The third kappa shape index (κ3) is 1.29. The van der Waals surface area contributed by atoms with E-state index in [0.29, 0.717) is 5.54 Å². The first kappa shape index (κ1) is 9.34. The van der Waals surface area contributed by atoms with Gasteiger partial charge >= 0.3 is 0 Å². The zero-order valence-corrected chi connectivity index (χ0v) is 9.23. The van der Waals surface area contributed by atoms with E-state index in [2.05, 4.69) is 25.8 Å². The van der Waals surface area contributed by atoms with Gasteiger partial charge in [0.05, 0.1) is 19.5 Å². The molecular weight excluding hydrogens is 249 g/mol. The fraction of sp³-hybridized carbons (Fsp3) is 0.778. The molecular formula is C9H14IN. The van der Waals surface area contributed by atoms with Gasteiger partial charge in [0.1, 0.15) is 0 Å². The van der Waals surface area contributed by atoms with Crippen molar-refractivity contribution in [3.63, 3.8) is 0 Å². The highest BCUT2D eigenvalue weighted by molar-refractivity contribution is 5.18. The van der Waals surface area contributed by atoms with E-state index in [9.17, 15) is 0 Å². The van der Waals surface area contributed by atoms with Crippen LogP contribution in [0.1, 0.15) is 26.2 Å². The molecule has 2 heteroatoms. The minimum Gasteiger partial charge on any atom is -1.00 e. The van der Waals surface area contributed by atoms with E-state index in [-0.39, 0.29) is 24.0 Å². The predicted molar refractivity (Wildman–Crippen MR) is 40.7 cm³/mol. The molecule has 0 aromatic rings. The number of hydrogen-bond donors (Lipinski definition) is 1. The summed E-state index contributed by atoms with van der Waals surface area (Å²) in [4.78, 5) is 1.64. The highest BCUT2D eigenvalue weighted by atomic mass is 127. The molecule has 2 bridgehead atoms. The predicted octanol–water partition coefficient (Wildman–Crippen LogP) is -3.17. The number of fused-ring (bicyclic) bond motifs is 2. The summed E-state index contributed by atoms with van der Waals surface area (Å²) < 4.78 is 0. The molecule has 0 aliphatic carbocycles. The first-order chi connectivity index (χ1) is 4.72. The standard InChI is InChI=1S/C9H13N.HI/c1-9-6-3-4-8(5-7-9)10(9)2;/h8H,4-5,7H2,1-2H3;1H/t8-,9+;/m1./s1. The van der Waals surface area contributed by atoms with Gasteiger partial charge in [-0.05, 0) is 5.92 Å². The van der Waals surface area contributed by atoms with Crippen LogP contribution in [0.25, 0.3) is 0 Å². The second-order valence-electron chi connectivity index (χ2n) is 3.76. The molecule has 62 valence electrons. The van der Waals surface area contributed by atoms with E-state index in [4.69, 9.17) is 0 Å². The van der Waals surface area contributed by atoms with Gasteiger partial charge in [0.25, 0.3) is 0 Å². The Hall–Kier alpha value is 0.250. The van der Waals surface area contributed by atoms with Crippen LogP contribution in [0.3, 0.4) is 0 Å². The Morgan fingerprint density at radius 2 is 2.27 bits per heavy atom. The number of nitrogens with one attached hydrogen (secondary N) is 1. The average Bonchev–Trinajstić information content (AvgIpc) is 2.18. The van der Waals surface area contributed by atoms with Crippen LogP contribution in [0.4, 0.5) is 0 Å². The van der Waals surface area contributed by atoms with Crippen molar-refractivity contribution < 1.29 is 28.9 Å². The Bertz CT molecular complexity index is 215. The summed E-state index contributed by atoms with van der Waals surface area (Å²) >= 11 is 0. The van der Waals surface area contributed by atoms with Crippen LogP contribution >= 0.6 is 0 Å². The van der Waals surface area contributed by atoms with Gasteiger partial charge in [-0.3, -0.25) is 0 Å². The maximum Gasteiger partial charge on any atom is 0.156 e. The Morgan fingerprint density at radius 3 is 2.82 bits per heavy atom. The van der Waals surface area contributed by atoms with Gasteiger partial charge < -0.3 is 28.9 Å². The molecule has 3 atom stereocenters. The molecule has 0 saturated carbocycles. The third-order valence-electron chi connectivity index (χ3n) is 3.19. The van der Waals surface area contributed by atoms with Crippen LogP contribution in [-0.4, -0.2) is 18.6 Å². The molecule has 1 nitrogen and oxygen atoms in total. The first-order valence-corrected chi connectivity index (χ1v) is 4.06. The monoisotopic (exact) mass is 263 g/mol. The number of hydrogen-bond acceptors (Lipinski definition) is 0. The van der Waals surface area contributed by atoms with Crippen LogP contribution < -0.4 is 28.9 Å². The molecule has 11 heavy (non-hydrogen) atoms.